The summed E-state index contributed by atoms with van der Waals surface area (Å²) in [6.07, 6.45) is 4.73. The molecule has 194 valence electrons. The van der Waals surface area contributed by atoms with Gasteiger partial charge in [0.1, 0.15) is 0 Å². The fraction of sp³-hybridized carbons (Fsp3) is 0.214. The van der Waals surface area contributed by atoms with Gasteiger partial charge in [0, 0.05) is 0 Å². The first-order chi connectivity index (χ1) is 18.0. The Morgan fingerprint density at radius 1 is 1.22 bits per heavy atom. The monoisotopic (exact) mass is 833 g/mol. The number of nitrogens with one attached hydrogen (secondary N) is 2. The number of fused-ring (bicyclic) bond motifs is 1. The zero-order valence-electron chi connectivity index (χ0n) is 20.4. The predicted molar refractivity (Wildman–Crippen MR) is 169 cm³/mol. The molecule has 6 nitrogen and oxygen atoms in total. The zero-order valence-corrected chi connectivity index (χ0v) is 26.9. The number of hydrogen-bond donors (Lipinski definition) is 2. The average molecular weight is 833 g/mol. The van der Waals surface area contributed by atoms with Crippen molar-refractivity contribution in [2.75, 3.05) is 28.3 Å². The summed E-state index contributed by atoms with van der Waals surface area (Å²) in [6.45, 7) is 7.24. The van der Waals surface area contributed by atoms with Gasteiger partial charge in [-0.05, 0) is 6.42 Å². The number of nitrogens with zero attached hydrogens (tertiary/aromatic N) is 2. The molecule has 2 aliphatic heterocycles. The second-order valence-corrected chi connectivity index (χ2v) is 16.8. The van der Waals surface area contributed by atoms with E-state index < -0.39 is 18.9 Å². The van der Waals surface area contributed by atoms with Gasteiger partial charge in [-0.3, -0.25) is 0 Å². The number of ether oxygens (including phenoxy) is 2. The minimum atomic E-state index is -1.34. The first-order valence-corrected chi connectivity index (χ1v) is 19.7. The van der Waals surface area contributed by atoms with Crippen molar-refractivity contribution in [2.45, 2.75) is 17.3 Å². The van der Waals surface area contributed by atoms with Crippen LogP contribution < -0.4 is 36.6 Å². The van der Waals surface area contributed by atoms with Crippen LogP contribution in [0, 0.1) is 0 Å². The van der Waals surface area contributed by atoms with Crippen molar-refractivity contribution in [3.05, 3.63) is 80.1 Å². The number of hydrogen-bond acceptors (Lipinski definition) is 6. The van der Waals surface area contributed by atoms with E-state index in [2.05, 4.69) is 93.6 Å². The van der Waals surface area contributed by atoms with Gasteiger partial charge in [0.05, 0.1) is 6.61 Å². The van der Waals surface area contributed by atoms with Crippen LogP contribution in [-0.2, 0) is 4.74 Å². The van der Waals surface area contributed by atoms with Crippen molar-refractivity contribution < 1.29 is 30.7 Å². The Labute approximate surface area is 247 Å². The summed E-state index contributed by atoms with van der Waals surface area (Å²) in [5, 5.41) is 7.67. The molecular weight excluding hydrogens is 805 g/mol. The summed E-state index contributed by atoms with van der Waals surface area (Å²) < 4.78 is 24.1. The number of alkyl halides is 2. The Kier molecular flexibility index (Phi) is 8.90. The van der Waals surface area contributed by atoms with Gasteiger partial charge in [0.25, 0.3) is 0 Å². The maximum absolute atomic E-state index is 6.33. The third-order valence-electron chi connectivity index (χ3n) is 5.56. The number of anilines is 3. The van der Waals surface area contributed by atoms with Crippen molar-refractivity contribution in [1.29, 1.82) is 0 Å². The summed E-state index contributed by atoms with van der Waals surface area (Å²) in [7, 11) is 0. The molecule has 0 radical (unpaired) electrons. The molecule has 0 saturated carbocycles. The second kappa shape index (κ2) is 12.3. The molecule has 2 N–H and O–H groups in total. The Hall–Kier alpha value is -1.87. The number of benzene rings is 2. The Bertz CT molecular complexity index is 1490. The van der Waals surface area contributed by atoms with E-state index in [0.29, 0.717) is 23.0 Å². The molecule has 3 heterocycles. The summed E-state index contributed by atoms with van der Waals surface area (Å²) in [4.78, 5) is 8.99. The minimum absolute atomic E-state index is 0.220. The molecule has 37 heavy (non-hydrogen) atoms. The van der Waals surface area contributed by atoms with Crippen LogP contribution in [0.4, 0.5) is 17.2 Å². The van der Waals surface area contributed by atoms with E-state index in [1.807, 2.05) is 18.2 Å². The van der Waals surface area contributed by atoms with E-state index in [-0.39, 0.29) is 21.2 Å². The molecule has 0 spiro atoms. The van der Waals surface area contributed by atoms with Crippen molar-refractivity contribution in [2.24, 2.45) is 0 Å². The zero-order chi connectivity index (χ0) is 25.8. The van der Waals surface area contributed by atoms with Crippen LogP contribution in [-0.4, -0.2) is 36.1 Å². The van der Waals surface area contributed by atoms with Gasteiger partial charge in [-0.2, -0.15) is 0 Å². The number of rotatable bonds is 11. The topological polar surface area (TPSA) is 68.3 Å². The van der Waals surface area contributed by atoms with Crippen LogP contribution in [0.3, 0.4) is 0 Å². The fourth-order valence-corrected chi connectivity index (χ4v) is 10.5. The Morgan fingerprint density at radius 3 is 2.84 bits per heavy atom. The quantitative estimate of drug-likeness (QED) is 0.172. The molecule has 9 heteroatoms. The van der Waals surface area contributed by atoms with Gasteiger partial charge < -0.3 is 0 Å². The summed E-state index contributed by atoms with van der Waals surface area (Å²) in [6, 6.07) is 12.4. The standard InChI is InChI=1S/C28H28I3N4O2/c1-4-9-36-18(2)34-21-5-7-26-24(12-21)28(33-17-32-26)35-22-6-8-27(23(11-22)25-13-30-25)37-16-19-10-20(29)15-31(3)14-19/h5-8,10-12,14-15,17,25,34H,2-4,9,13,16H2,1H3,(H,32,33,35)/q-1. The molecule has 0 aliphatic carbocycles. The third kappa shape index (κ3) is 7.16. The van der Waals surface area contributed by atoms with Gasteiger partial charge in [-0.1, -0.05) is 6.92 Å². The van der Waals surface area contributed by atoms with Gasteiger partial charge in [0.15, 0.2) is 0 Å². The molecule has 0 bridgehead atoms. The van der Waals surface area contributed by atoms with Crippen molar-refractivity contribution in [3.8, 4) is 5.75 Å². The molecule has 5 rings (SSSR count). The first-order valence-electron chi connectivity index (χ1n) is 11.8. The van der Waals surface area contributed by atoms with Gasteiger partial charge in [0.2, 0.25) is 0 Å². The Balaban J connectivity index is 1.35. The second-order valence-electron chi connectivity index (χ2n) is 8.55. The van der Waals surface area contributed by atoms with E-state index >= 15 is 0 Å². The summed E-state index contributed by atoms with van der Waals surface area (Å²) in [5.41, 5.74) is 5.29. The van der Waals surface area contributed by atoms with E-state index in [9.17, 15) is 0 Å². The molecule has 2 aliphatic rings. The van der Waals surface area contributed by atoms with E-state index in [0.717, 1.165) is 40.3 Å². The third-order valence-corrected chi connectivity index (χ3v) is 12.9. The van der Waals surface area contributed by atoms with E-state index in [1.165, 1.54) is 19.1 Å². The fourth-order valence-electron chi connectivity index (χ4n) is 3.83. The van der Waals surface area contributed by atoms with E-state index in [4.69, 9.17) is 9.47 Å². The molecular formula is C28H28I3N4O2-. The molecule has 1 aromatic heterocycles. The van der Waals surface area contributed by atoms with Crippen LogP contribution in [0.1, 0.15) is 22.8 Å². The van der Waals surface area contributed by atoms with Crippen LogP contribution >= 0.6 is 41.5 Å². The van der Waals surface area contributed by atoms with Crippen LogP contribution in [0.15, 0.2) is 74.5 Å². The van der Waals surface area contributed by atoms with Crippen LogP contribution in [0.2, 0.25) is 0 Å². The van der Waals surface area contributed by atoms with Crippen LogP contribution in [0.5, 0.6) is 5.75 Å². The summed E-state index contributed by atoms with van der Waals surface area (Å²) >= 11 is 1.26. The molecule has 1 saturated heterocycles. The maximum atomic E-state index is 6.33. The van der Waals surface area contributed by atoms with Crippen molar-refractivity contribution in [1.82, 2.24) is 9.97 Å². The molecule has 2 aromatic carbocycles. The number of aromatic nitrogens is 2. The summed E-state index contributed by atoms with van der Waals surface area (Å²) in [5.74, 6) is 2.27. The SMILES string of the molecule is C=C(Nc1ccc2ncnc(Nc3ccc(OCC4=CC(I)=CI(=C)=C4)c(C4C[I-]4)c3)c2c1)OCCC. The Morgan fingerprint density at radius 2 is 2.05 bits per heavy atom. The number of halogens is 3. The molecule has 1 unspecified atom stereocenters. The smallest absolute Gasteiger partial charge is 0.0621 e. The normalized spacial score (nSPS) is 17.1. The first kappa shape index (κ1) is 26.7. The van der Waals surface area contributed by atoms with Crippen molar-refractivity contribution in [3.63, 3.8) is 0 Å². The van der Waals surface area contributed by atoms with E-state index in [1.54, 1.807) is 6.33 Å². The predicted octanol–water partition coefficient (Wildman–Crippen LogP) is 4.16. The van der Waals surface area contributed by atoms with Crippen LogP contribution in [0.25, 0.3) is 10.9 Å². The molecule has 1 fully saturated rings. The van der Waals surface area contributed by atoms with Gasteiger partial charge in [-0.15, -0.1) is 0 Å². The van der Waals surface area contributed by atoms with Gasteiger partial charge in [-0.25, -0.2) is 0 Å². The van der Waals surface area contributed by atoms with Gasteiger partial charge >= 0.3 is 230 Å². The molecule has 3 aromatic rings. The molecule has 0 amide bonds. The minimum Gasteiger partial charge on any atom is -0.0621 e. The number of allylic oxidation sites excluding steroid dienone is 2. The average Bonchev–Trinajstić information content (AvgIpc) is 3.72. The van der Waals surface area contributed by atoms with Crippen molar-refractivity contribution >= 4 is 78.1 Å². The molecule has 1 atom stereocenters.